The van der Waals surface area contributed by atoms with Crippen LogP contribution < -0.4 is 4.74 Å². The number of benzene rings is 3. The van der Waals surface area contributed by atoms with Crippen LogP contribution in [0.15, 0.2) is 71.3 Å². The lowest BCUT2D eigenvalue weighted by atomic mass is 9.96. The maximum Gasteiger partial charge on any atom is 0.258 e. The fourth-order valence-electron chi connectivity index (χ4n) is 3.45. The third kappa shape index (κ3) is 3.49. The lowest BCUT2D eigenvalue weighted by molar-refractivity contribution is 0.255. The first-order valence-electron chi connectivity index (χ1n) is 9.42. The molecule has 1 aliphatic rings. The molecule has 6 heteroatoms. The molecule has 0 radical (unpaired) electrons. The molecule has 1 unspecified atom stereocenters. The van der Waals surface area contributed by atoms with Crippen molar-refractivity contribution in [3.63, 3.8) is 0 Å². The largest absolute Gasteiger partial charge is 0.479 e. The van der Waals surface area contributed by atoms with Gasteiger partial charge in [0.1, 0.15) is 5.75 Å². The van der Waals surface area contributed by atoms with Crippen LogP contribution in [0.1, 0.15) is 28.7 Å². The zero-order valence-electron chi connectivity index (χ0n) is 16.0. The van der Waals surface area contributed by atoms with E-state index < -0.39 is 6.10 Å². The van der Waals surface area contributed by atoms with Crippen molar-refractivity contribution in [3.8, 4) is 17.1 Å². The summed E-state index contributed by atoms with van der Waals surface area (Å²) in [6.45, 7) is 2.04. The molecule has 0 fully saturated rings. The Bertz CT molecular complexity index is 1250. The van der Waals surface area contributed by atoms with E-state index in [0.717, 1.165) is 22.3 Å². The van der Waals surface area contributed by atoms with Crippen LogP contribution in [-0.4, -0.2) is 10.1 Å². The van der Waals surface area contributed by atoms with Gasteiger partial charge in [0.15, 0.2) is 6.10 Å². The van der Waals surface area contributed by atoms with Crippen molar-refractivity contribution in [1.29, 1.82) is 0 Å². The molecular formula is C24H16Cl2N2O2. The number of rotatable bonds is 3. The highest BCUT2D eigenvalue weighted by Gasteiger charge is 2.31. The van der Waals surface area contributed by atoms with Crippen molar-refractivity contribution in [1.82, 2.24) is 10.1 Å². The number of hydrogen-bond acceptors (Lipinski definition) is 4. The Labute approximate surface area is 183 Å². The zero-order valence-corrected chi connectivity index (χ0v) is 17.5. The highest BCUT2D eigenvalue weighted by atomic mass is 35.5. The summed E-state index contributed by atoms with van der Waals surface area (Å²) in [6.07, 6.45) is 1.50. The van der Waals surface area contributed by atoms with Gasteiger partial charge < -0.3 is 9.26 Å². The molecule has 5 rings (SSSR count). The minimum absolute atomic E-state index is 0.390. The second-order valence-electron chi connectivity index (χ2n) is 7.10. The number of halogens is 2. The summed E-state index contributed by atoms with van der Waals surface area (Å²) < 4.78 is 12.0. The molecular weight excluding hydrogens is 419 g/mol. The average Bonchev–Trinajstić information content (AvgIpc) is 3.24. The topological polar surface area (TPSA) is 48.2 Å². The molecule has 30 heavy (non-hydrogen) atoms. The Morgan fingerprint density at radius 3 is 2.47 bits per heavy atom. The van der Waals surface area contributed by atoms with E-state index in [2.05, 4.69) is 10.1 Å². The van der Waals surface area contributed by atoms with Gasteiger partial charge in [-0.2, -0.15) is 4.98 Å². The van der Waals surface area contributed by atoms with Gasteiger partial charge in [-0.05, 0) is 30.7 Å². The van der Waals surface area contributed by atoms with Crippen LogP contribution in [0.25, 0.3) is 23.0 Å². The van der Waals surface area contributed by atoms with E-state index in [4.69, 9.17) is 32.5 Å². The van der Waals surface area contributed by atoms with Crippen LogP contribution in [-0.2, 0) is 0 Å². The minimum Gasteiger partial charge on any atom is -0.479 e. The molecule has 1 atom stereocenters. The Morgan fingerprint density at radius 2 is 1.70 bits per heavy atom. The predicted molar refractivity (Wildman–Crippen MR) is 119 cm³/mol. The first-order valence-corrected chi connectivity index (χ1v) is 10.2. The van der Waals surface area contributed by atoms with E-state index in [1.54, 1.807) is 12.1 Å². The fraction of sp³-hybridized carbons (Fsp3) is 0.0833. The predicted octanol–water partition coefficient (Wildman–Crippen LogP) is 7.03. The quantitative estimate of drug-likeness (QED) is 0.347. The van der Waals surface area contributed by atoms with E-state index in [-0.39, 0.29) is 0 Å². The maximum atomic E-state index is 6.40. The molecule has 148 valence electrons. The van der Waals surface area contributed by atoms with E-state index in [1.165, 1.54) is 5.56 Å². The summed E-state index contributed by atoms with van der Waals surface area (Å²) in [5.41, 5.74) is 4.52. The van der Waals surface area contributed by atoms with Crippen molar-refractivity contribution in [2.45, 2.75) is 13.0 Å². The van der Waals surface area contributed by atoms with Crippen LogP contribution in [0.4, 0.5) is 0 Å². The Balaban J connectivity index is 1.63. The molecule has 4 nitrogen and oxygen atoms in total. The zero-order chi connectivity index (χ0) is 20.7. The second kappa shape index (κ2) is 7.63. The van der Waals surface area contributed by atoms with Crippen molar-refractivity contribution < 1.29 is 9.26 Å². The summed E-state index contributed by atoms with van der Waals surface area (Å²) in [5.74, 6) is 1.49. The normalized spacial score (nSPS) is 15.3. The first kappa shape index (κ1) is 18.9. The molecule has 1 aromatic heterocycles. The van der Waals surface area contributed by atoms with Crippen LogP contribution >= 0.6 is 23.2 Å². The monoisotopic (exact) mass is 434 g/mol. The standard InChI is InChI=1S/C24H16Cl2N2O2/c1-14-7-9-16(10-8-14)23-27-24(30-28-23)19-12-17-11-18(25)13-20(26)22(17)29-21(19)15-5-3-2-4-6-15/h2-13,21H,1H3. The van der Waals surface area contributed by atoms with Crippen molar-refractivity contribution in [2.75, 3.05) is 0 Å². The van der Waals surface area contributed by atoms with Gasteiger partial charge in [-0.1, -0.05) is 88.5 Å². The molecule has 0 N–H and O–H groups in total. The molecule has 0 bridgehead atoms. The summed E-state index contributed by atoms with van der Waals surface area (Å²) in [7, 11) is 0. The lowest BCUT2D eigenvalue weighted by Crippen LogP contribution is -2.14. The number of hydrogen-bond donors (Lipinski definition) is 0. The third-order valence-electron chi connectivity index (χ3n) is 4.95. The molecule has 0 aliphatic carbocycles. The second-order valence-corrected chi connectivity index (χ2v) is 7.95. The van der Waals surface area contributed by atoms with Crippen LogP contribution in [0.2, 0.25) is 10.0 Å². The van der Waals surface area contributed by atoms with Gasteiger partial charge in [-0.3, -0.25) is 0 Å². The summed E-state index contributed by atoms with van der Waals surface area (Å²) in [5, 5.41) is 5.16. The first-order chi connectivity index (χ1) is 14.6. The highest BCUT2D eigenvalue weighted by Crippen LogP contribution is 2.45. The highest BCUT2D eigenvalue weighted by molar-refractivity contribution is 6.36. The van der Waals surface area contributed by atoms with Crippen LogP contribution in [0.3, 0.4) is 0 Å². The van der Waals surface area contributed by atoms with Crippen LogP contribution in [0, 0.1) is 6.92 Å². The molecule has 3 aromatic carbocycles. The van der Waals surface area contributed by atoms with Crippen molar-refractivity contribution in [2.24, 2.45) is 0 Å². The molecule has 0 saturated heterocycles. The molecule has 1 aliphatic heterocycles. The van der Waals surface area contributed by atoms with Crippen molar-refractivity contribution in [3.05, 3.63) is 99.4 Å². The minimum atomic E-state index is -0.441. The number of ether oxygens (including phenoxy) is 1. The lowest BCUT2D eigenvalue weighted by Gasteiger charge is -2.27. The number of aromatic nitrogens is 2. The number of nitrogens with zero attached hydrogens (tertiary/aromatic N) is 2. The van der Waals surface area contributed by atoms with Gasteiger partial charge >= 0.3 is 0 Å². The van der Waals surface area contributed by atoms with Gasteiger partial charge in [0, 0.05) is 16.1 Å². The molecule has 0 amide bonds. The molecule has 2 heterocycles. The fourth-order valence-corrected chi connectivity index (χ4v) is 4.00. The van der Waals surface area contributed by atoms with Crippen LogP contribution in [0.5, 0.6) is 5.75 Å². The van der Waals surface area contributed by atoms with Gasteiger partial charge in [0.05, 0.1) is 10.6 Å². The Hall–Kier alpha value is -3.08. The number of aryl methyl sites for hydroxylation is 1. The van der Waals surface area contributed by atoms with E-state index in [0.29, 0.717) is 27.5 Å². The Morgan fingerprint density at radius 1 is 0.933 bits per heavy atom. The number of fused-ring (bicyclic) bond motifs is 1. The Kier molecular flexibility index (Phi) is 4.81. The van der Waals surface area contributed by atoms with Gasteiger partial charge in [-0.25, -0.2) is 0 Å². The smallest absolute Gasteiger partial charge is 0.258 e. The van der Waals surface area contributed by atoms with E-state index in [1.807, 2.05) is 67.6 Å². The maximum absolute atomic E-state index is 6.40. The van der Waals surface area contributed by atoms with E-state index >= 15 is 0 Å². The summed E-state index contributed by atoms with van der Waals surface area (Å²) >= 11 is 12.6. The molecule has 4 aromatic rings. The van der Waals surface area contributed by atoms with Gasteiger partial charge in [0.25, 0.3) is 5.89 Å². The summed E-state index contributed by atoms with van der Waals surface area (Å²) in [6, 6.07) is 21.3. The average molecular weight is 435 g/mol. The third-order valence-corrected chi connectivity index (χ3v) is 5.45. The van der Waals surface area contributed by atoms with Gasteiger partial charge in [0.2, 0.25) is 5.82 Å². The molecule has 0 saturated carbocycles. The summed E-state index contributed by atoms with van der Waals surface area (Å²) in [4.78, 5) is 4.64. The SMILES string of the molecule is Cc1ccc(-c2noc(C3=Cc4cc(Cl)cc(Cl)c4OC3c3ccccc3)n2)cc1. The van der Waals surface area contributed by atoms with E-state index in [9.17, 15) is 0 Å². The van der Waals surface area contributed by atoms with Crippen molar-refractivity contribution >= 4 is 34.9 Å². The van der Waals surface area contributed by atoms with Gasteiger partial charge in [-0.15, -0.1) is 0 Å². The molecule has 0 spiro atoms.